The molecule has 0 saturated heterocycles. The van der Waals surface area contributed by atoms with E-state index in [2.05, 4.69) is 11.4 Å². The minimum absolute atomic E-state index is 0.663. The van der Waals surface area contributed by atoms with Gasteiger partial charge in [0.25, 0.3) is 0 Å². The molecule has 0 saturated carbocycles. The number of hydrogen-bond donors (Lipinski definition) is 1. The molecule has 0 bridgehead atoms. The molecule has 4 heteroatoms. The van der Waals surface area contributed by atoms with Crippen molar-refractivity contribution in [1.29, 1.82) is 0 Å². The van der Waals surface area contributed by atoms with Gasteiger partial charge in [0.2, 0.25) is 0 Å². The van der Waals surface area contributed by atoms with Crippen molar-refractivity contribution < 1.29 is 4.74 Å². The van der Waals surface area contributed by atoms with E-state index in [9.17, 15) is 0 Å². The molecule has 18 heavy (non-hydrogen) atoms. The lowest BCUT2D eigenvalue weighted by atomic mass is 10.2. The van der Waals surface area contributed by atoms with Crippen LogP contribution in [0.25, 0.3) is 0 Å². The van der Waals surface area contributed by atoms with Crippen LogP contribution in [-0.2, 0) is 0 Å². The monoisotopic (exact) mass is 277 g/mol. The van der Waals surface area contributed by atoms with Gasteiger partial charge in [-0.15, -0.1) is 0 Å². The highest BCUT2D eigenvalue weighted by molar-refractivity contribution is 7.99. The Morgan fingerprint density at radius 3 is 2.94 bits per heavy atom. The third-order valence-electron chi connectivity index (χ3n) is 2.71. The number of rotatable bonds is 2. The Balaban J connectivity index is 2.04. The molecule has 0 amide bonds. The Morgan fingerprint density at radius 2 is 2.11 bits per heavy atom. The Morgan fingerprint density at radius 1 is 1.22 bits per heavy atom. The first-order valence-electron chi connectivity index (χ1n) is 5.78. The molecular weight excluding hydrogens is 266 g/mol. The molecule has 1 heterocycles. The van der Waals surface area contributed by atoms with Crippen molar-refractivity contribution in [3.63, 3.8) is 0 Å². The summed E-state index contributed by atoms with van der Waals surface area (Å²) in [6.07, 6.45) is 0. The van der Waals surface area contributed by atoms with Gasteiger partial charge in [-0.25, -0.2) is 0 Å². The van der Waals surface area contributed by atoms with Crippen LogP contribution in [0.1, 0.15) is 6.92 Å². The molecule has 92 valence electrons. The molecule has 2 aromatic rings. The molecule has 0 fully saturated rings. The Kier molecular flexibility index (Phi) is 3.10. The third-order valence-corrected chi connectivity index (χ3v) is 4.06. The maximum Gasteiger partial charge on any atom is 0.143 e. The van der Waals surface area contributed by atoms with Gasteiger partial charge in [0.15, 0.2) is 0 Å². The largest absolute Gasteiger partial charge is 0.492 e. The smallest absolute Gasteiger partial charge is 0.143 e. The van der Waals surface area contributed by atoms with E-state index in [4.69, 9.17) is 16.3 Å². The van der Waals surface area contributed by atoms with Crippen molar-refractivity contribution in [2.75, 3.05) is 11.9 Å². The highest BCUT2D eigenvalue weighted by Gasteiger charge is 2.19. The van der Waals surface area contributed by atoms with Crippen molar-refractivity contribution in [2.24, 2.45) is 0 Å². The summed E-state index contributed by atoms with van der Waals surface area (Å²) in [4.78, 5) is 2.30. The van der Waals surface area contributed by atoms with E-state index in [0.717, 1.165) is 31.9 Å². The van der Waals surface area contributed by atoms with Gasteiger partial charge in [0.05, 0.1) is 18.0 Å². The fraction of sp³-hybridized carbons (Fsp3) is 0.143. The molecule has 1 aliphatic heterocycles. The molecule has 0 spiro atoms. The van der Waals surface area contributed by atoms with E-state index >= 15 is 0 Å². The molecule has 1 N–H and O–H groups in total. The predicted octanol–water partition coefficient (Wildman–Crippen LogP) is 4.95. The van der Waals surface area contributed by atoms with Crippen LogP contribution in [0.3, 0.4) is 0 Å². The predicted molar refractivity (Wildman–Crippen MR) is 76.5 cm³/mol. The summed E-state index contributed by atoms with van der Waals surface area (Å²) in [5, 5.41) is 4.17. The fourth-order valence-electron chi connectivity index (χ4n) is 1.93. The van der Waals surface area contributed by atoms with E-state index in [0.29, 0.717) is 6.61 Å². The lowest BCUT2D eigenvalue weighted by Gasteiger charge is -2.23. The lowest BCUT2D eigenvalue weighted by molar-refractivity contribution is 0.341. The fourth-order valence-corrected chi connectivity index (χ4v) is 3.22. The Hall–Kier alpha value is -1.32. The molecule has 1 aliphatic rings. The van der Waals surface area contributed by atoms with Crippen molar-refractivity contribution in [2.45, 2.75) is 16.7 Å². The number of halogens is 1. The number of fused-ring (bicyclic) bond motifs is 2. The first-order valence-corrected chi connectivity index (χ1v) is 6.97. The van der Waals surface area contributed by atoms with Crippen molar-refractivity contribution in [1.82, 2.24) is 0 Å². The molecule has 0 radical (unpaired) electrons. The minimum Gasteiger partial charge on any atom is -0.492 e. The SMILES string of the molecule is CCOc1cccc2c1Nc1ccc(Cl)cc1S2. The molecular formula is C14H12ClNOS. The first-order chi connectivity index (χ1) is 8.78. The number of benzene rings is 2. The van der Waals surface area contributed by atoms with E-state index in [-0.39, 0.29) is 0 Å². The molecule has 2 nitrogen and oxygen atoms in total. The second-order valence-corrected chi connectivity index (χ2v) is 5.45. The Labute approximate surface area is 115 Å². The van der Waals surface area contributed by atoms with Crippen molar-refractivity contribution in [3.8, 4) is 5.75 Å². The van der Waals surface area contributed by atoms with Gasteiger partial charge < -0.3 is 10.1 Å². The number of hydrogen-bond acceptors (Lipinski definition) is 3. The van der Waals surface area contributed by atoms with E-state index in [1.165, 1.54) is 0 Å². The van der Waals surface area contributed by atoms with Crippen LogP contribution in [0.5, 0.6) is 5.75 Å². The van der Waals surface area contributed by atoms with Crippen LogP contribution in [0.4, 0.5) is 11.4 Å². The third kappa shape index (κ3) is 2.04. The normalized spacial score (nSPS) is 12.3. The molecule has 0 aromatic heterocycles. The van der Waals surface area contributed by atoms with Gasteiger partial charge in [0.1, 0.15) is 5.75 Å². The average Bonchev–Trinajstić information content (AvgIpc) is 2.37. The Bertz CT molecular complexity index is 600. The molecule has 3 rings (SSSR count). The maximum absolute atomic E-state index is 6.02. The zero-order valence-corrected chi connectivity index (χ0v) is 11.4. The first kappa shape index (κ1) is 11.8. The summed E-state index contributed by atoms with van der Waals surface area (Å²) in [5.74, 6) is 0.892. The molecule has 2 aromatic carbocycles. The maximum atomic E-state index is 6.02. The van der Waals surface area contributed by atoms with Crippen LogP contribution in [0.15, 0.2) is 46.2 Å². The number of ether oxygens (including phenoxy) is 1. The summed E-state index contributed by atoms with van der Waals surface area (Å²) < 4.78 is 5.64. The number of nitrogens with one attached hydrogen (secondary N) is 1. The van der Waals surface area contributed by atoms with Gasteiger partial charge >= 0.3 is 0 Å². The topological polar surface area (TPSA) is 21.3 Å². The quantitative estimate of drug-likeness (QED) is 0.716. The van der Waals surface area contributed by atoms with Crippen molar-refractivity contribution >= 4 is 34.7 Å². The summed E-state index contributed by atoms with van der Waals surface area (Å²) >= 11 is 7.73. The van der Waals surface area contributed by atoms with Gasteiger partial charge in [-0.2, -0.15) is 0 Å². The zero-order chi connectivity index (χ0) is 12.5. The van der Waals surface area contributed by atoms with Gasteiger partial charge in [-0.3, -0.25) is 0 Å². The van der Waals surface area contributed by atoms with Crippen molar-refractivity contribution in [3.05, 3.63) is 41.4 Å². The molecule has 0 atom stereocenters. The molecule has 0 unspecified atom stereocenters. The minimum atomic E-state index is 0.663. The van der Waals surface area contributed by atoms with Crippen LogP contribution in [0.2, 0.25) is 5.02 Å². The van der Waals surface area contributed by atoms with Crippen LogP contribution in [-0.4, -0.2) is 6.61 Å². The van der Waals surface area contributed by atoms with Gasteiger partial charge in [-0.05, 0) is 37.3 Å². The van der Waals surface area contributed by atoms with E-state index < -0.39 is 0 Å². The number of anilines is 2. The second-order valence-electron chi connectivity index (χ2n) is 3.93. The number of para-hydroxylation sites is 1. The van der Waals surface area contributed by atoms with Crippen LogP contribution < -0.4 is 10.1 Å². The van der Waals surface area contributed by atoms with E-state index in [1.54, 1.807) is 11.8 Å². The summed E-state index contributed by atoms with van der Waals surface area (Å²) in [5.41, 5.74) is 2.11. The van der Waals surface area contributed by atoms with Crippen LogP contribution in [0, 0.1) is 0 Å². The summed E-state index contributed by atoms with van der Waals surface area (Å²) in [6.45, 7) is 2.65. The zero-order valence-electron chi connectivity index (χ0n) is 9.87. The second kappa shape index (κ2) is 4.75. The van der Waals surface area contributed by atoms with Gasteiger partial charge in [0, 0.05) is 14.8 Å². The highest BCUT2D eigenvalue weighted by Crippen LogP contribution is 2.48. The highest BCUT2D eigenvalue weighted by atomic mass is 35.5. The summed E-state index contributed by atoms with van der Waals surface area (Å²) in [6, 6.07) is 11.9. The average molecular weight is 278 g/mol. The van der Waals surface area contributed by atoms with Gasteiger partial charge in [-0.1, -0.05) is 29.4 Å². The molecule has 0 aliphatic carbocycles. The van der Waals surface area contributed by atoms with E-state index in [1.807, 2.05) is 37.3 Å². The standard InChI is InChI=1S/C14H12ClNOS/c1-2-17-11-4-3-5-12-14(11)16-10-7-6-9(15)8-13(10)18-12/h3-8,16H,2H2,1H3. The van der Waals surface area contributed by atoms with Crippen LogP contribution >= 0.6 is 23.4 Å². The summed E-state index contributed by atoms with van der Waals surface area (Å²) in [7, 11) is 0. The lowest BCUT2D eigenvalue weighted by Crippen LogP contribution is -2.03.